The zero-order chi connectivity index (χ0) is 21.6. The summed E-state index contributed by atoms with van der Waals surface area (Å²) in [4.78, 5) is 24.2. The molecule has 0 heterocycles. The number of hydrogen-bond donors (Lipinski definition) is 1. The van der Waals surface area contributed by atoms with Gasteiger partial charge in [-0.1, -0.05) is 26.2 Å². The number of carbonyl (C=O) groups excluding carboxylic acids is 2. The van der Waals surface area contributed by atoms with Gasteiger partial charge in [0.05, 0.1) is 24.3 Å². The number of aliphatic hydroxyl groups is 1. The van der Waals surface area contributed by atoms with Crippen molar-refractivity contribution in [3.63, 3.8) is 0 Å². The third-order valence-electron chi connectivity index (χ3n) is 4.44. The average molecular weight is 414 g/mol. The minimum atomic E-state index is -0.483. The third-order valence-corrected chi connectivity index (χ3v) is 4.44. The molecular weight excluding hydrogens is 384 g/mol. The standard InChI is InChI=1S/C24H30O6/c1-2-3-4-6-17-28-21-12-8-20(9-13-21)24(27)30-22-14-10-19(11-15-22)23(26)29-18-7-5-16-25/h8-15,25H,2-7,16-18H2,1H3. The lowest BCUT2D eigenvalue weighted by molar-refractivity contribution is 0.0492. The van der Waals surface area contributed by atoms with Crippen LogP contribution in [0.2, 0.25) is 0 Å². The van der Waals surface area contributed by atoms with E-state index in [1.54, 1.807) is 48.5 Å². The smallest absolute Gasteiger partial charge is 0.343 e. The van der Waals surface area contributed by atoms with Crippen molar-refractivity contribution < 1.29 is 28.9 Å². The molecule has 2 rings (SSSR count). The number of unbranched alkanes of at least 4 members (excludes halogenated alkanes) is 4. The second-order valence-corrected chi connectivity index (χ2v) is 6.91. The first kappa shape index (κ1) is 23.4. The molecule has 0 fully saturated rings. The molecule has 0 aromatic heterocycles. The molecule has 0 unspecified atom stereocenters. The van der Waals surface area contributed by atoms with Gasteiger partial charge in [0.25, 0.3) is 0 Å². The van der Waals surface area contributed by atoms with Crippen LogP contribution in [0.4, 0.5) is 0 Å². The summed E-state index contributed by atoms with van der Waals surface area (Å²) in [7, 11) is 0. The molecule has 6 heteroatoms. The van der Waals surface area contributed by atoms with Crippen LogP contribution in [0.1, 0.15) is 66.2 Å². The molecule has 30 heavy (non-hydrogen) atoms. The Morgan fingerprint density at radius 1 is 0.733 bits per heavy atom. The summed E-state index contributed by atoms with van der Waals surface area (Å²) >= 11 is 0. The maximum Gasteiger partial charge on any atom is 0.343 e. The van der Waals surface area contributed by atoms with Crippen molar-refractivity contribution in [1.29, 1.82) is 0 Å². The quantitative estimate of drug-likeness (QED) is 0.288. The largest absolute Gasteiger partial charge is 0.494 e. The highest BCUT2D eigenvalue weighted by molar-refractivity contribution is 5.92. The summed E-state index contributed by atoms with van der Waals surface area (Å²) in [6, 6.07) is 13.0. The minimum absolute atomic E-state index is 0.0758. The molecule has 2 aromatic carbocycles. The van der Waals surface area contributed by atoms with Crippen molar-refractivity contribution in [2.24, 2.45) is 0 Å². The molecule has 0 aliphatic carbocycles. The van der Waals surface area contributed by atoms with Crippen molar-refractivity contribution in [2.75, 3.05) is 19.8 Å². The van der Waals surface area contributed by atoms with Crippen LogP contribution < -0.4 is 9.47 Å². The summed E-state index contributed by atoms with van der Waals surface area (Å²) < 4.78 is 16.1. The van der Waals surface area contributed by atoms with Crippen LogP contribution in [0.5, 0.6) is 11.5 Å². The summed E-state index contributed by atoms with van der Waals surface area (Å²) in [5, 5.41) is 8.72. The molecule has 1 N–H and O–H groups in total. The van der Waals surface area contributed by atoms with E-state index < -0.39 is 11.9 Å². The van der Waals surface area contributed by atoms with Gasteiger partial charge in [-0.3, -0.25) is 0 Å². The first-order chi connectivity index (χ1) is 14.6. The molecule has 0 saturated carbocycles. The molecule has 0 bridgehead atoms. The van der Waals surface area contributed by atoms with Gasteiger partial charge in [-0.25, -0.2) is 9.59 Å². The Morgan fingerprint density at radius 3 is 1.97 bits per heavy atom. The van der Waals surface area contributed by atoms with E-state index in [1.165, 1.54) is 12.8 Å². The Morgan fingerprint density at radius 2 is 1.33 bits per heavy atom. The number of hydrogen-bond acceptors (Lipinski definition) is 6. The van der Waals surface area contributed by atoms with Crippen LogP contribution in [-0.2, 0) is 4.74 Å². The molecule has 0 aliphatic rings. The Labute approximate surface area is 177 Å². The highest BCUT2D eigenvalue weighted by Gasteiger charge is 2.11. The first-order valence-corrected chi connectivity index (χ1v) is 10.5. The normalized spacial score (nSPS) is 10.5. The van der Waals surface area contributed by atoms with Crippen LogP contribution in [0.15, 0.2) is 48.5 Å². The number of rotatable bonds is 13. The molecule has 0 aliphatic heterocycles. The van der Waals surface area contributed by atoms with Gasteiger partial charge in [0.2, 0.25) is 0 Å². The highest BCUT2D eigenvalue weighted by atomic mass is 16.5. The summed E-state index contributed by atoms with van der Waals surface area (Å²) in [5.41, 5.74) is 0.792. The fraction of sp³-hybridized carbons (Fsp3) is 0.417. The number of ether oxygens (including phenoxy) is 3. The number of aliphatic hydroxyl groups excluding tert-OH is 1. The van der Waals surface area contributed by atoms with E-state index in [4.69, 9.17) is 19.3 Å². The molecule has 0 saturated heterocycles. The van der Waals surface area contributed by atoms with Gasteiger partial charge >= 0.3 is 11.9 Å². The van der Waals surface area contributed by atoms with E-state index in [0.717, 1.165) is 18.6 Å². The summed E-state index contributed by atoms with van der Waals surface area (Å²) in [6.07, 6.45) is 5.77. The van der Waals surface area contributed by atoms with Gasteiger partial charge in [-0.05, 0) is 67.8 Å². The molecule has 0 spiro atoms. The van der Waals surface area contributed by atoms with Crippen molar-refractivity contribution >= 4 is 11.9 Å². The second-order valence-electron chi connectivity index (χ2n) is 6.91. The predicted octanol–water partition coefficient (Wildman–Crippen LogP) is 4.79. The maximum atomic E-state index is 12.3. The van der Waals surface area contributed by atoms with Crippen molar-refractivity contribution in [1.82, 2.24) is 0 Å². The molecular formula is C24H30O6. The fourth-order valence-corrected chi connectivity index (χ4v) is 2.69. The van der Waals surface area contributed by atoms with Crippen LogP contribution >= 0.6 is 0 Å². The Balaban J connectivity index is 1.80. The lowest BCUT2D eigenvalue weighted by Gasteiger charge is -2.08. The zero-order valence-electron chi connectivity index (χ0n) is 17.5. The molecule has 0 amide bonds. The predicted molar refractivity (Wildman–Crippen MR) is 114 cm³/mol. The highest BCUT2D eigenvalue weighted by Crippen LogP contribution is 2.17. The van der Waals surface area contributed by atoms with E-state index in [1.807, 2.05) is 0 Å². The van der Waals surface area contributed by atoms with Crippen LogP contribution in [0.3, 0.4) is 0 Å². The second kappa shape index (κ2) is 13.4. The van der Waals surface area contributed by atoms with Gasteiger partial charge in [0.15, 0.2) is 0 Å². The van der Waals surface area contributed by atoms with Crippen molar-refractivity contribution in [3.05, 3.63) is 59.7 Å². The summed E-state index contributed by atoms with van der Waals surface area (Å²) in [5.74, 6) is 0.137. The topological polar surface area (TPSA) is 82.1 Å². The van der Waals surface area contributed by atoms with Crippen molar-refractivity contribution in [2.45, 2.75) is 45.4 Å². The van der Waals surface area contributed by atoms with Crippen LogP contribution in [0, 0.1) is 0 Å². The number of esters is 2. The lowest BCUT2D eigenvalue weighted by Crippen LogP contribution is -2.09. The summed E-state index contributed by atoms with van der Waals surface area (Å²) in [6.45, 7) is 3.17. The monoisotopic (exact) mass is 414 g/mol. The van der Waals surface area contributed by atoms with Gasteiger partial charge in [0, 0.05) is 6.61 Å². The maximum absolute atomic E-state index is 12.3. The van der Waals surface area contributed by atoms with Gasteiger partial charge in [-0.15, -0.1) is 0 Å². The molecule has 162 valence electrons. The van der Waals surface area contributed by atoms with E-state index in [0.29, 0.717) is 36.3 Å². The number of benzene rings is 2. The lowest BCUT2D eigenvalue weighted by atomic mass is 10.2. The molecule has 2 aromatic rings. The van der Waals surface area contributed by atoms with Crippen LogP contribution in [0.25, 0.3) is 0 Å². The van der Waals surface area contributed by atoms with E-state index >= 15 is 0 Å². The zero-order valence-corrected chi connectivity index (χ0v) is 17.5. The van der Waals surface area contributed by atoms with Gasteiger partial charge in [0.1, 0.15) is 11.5 Å². The fourth-order valence-electron chi connectivity index (χ4n) is 2.69. The number of carbonyl (C=O) groups is 2. The van der Waals surface area contributed by atoms with E-state index in [2.05, 4.69) is 6.92 Å². The van der Waals surface area contributed by atoms with Gasteiger partial charge < -0.3 is 19.3 Å². The molecule has 6 nitrogen and oxygen atoms in total. The van der Waals surface area contributed by atoms with E-state index in [-0.39, 0.29) is 13.2 Å². The Hall–Kier alpha value is -2.86. The SMILES string of the molecule is CCCCCCOc1ccc(C(=O)Oc2ccc(C(=O)OCCCCO)cc2)cc1. The van der Waals surface area contributed by atoms with Crippen molar-refractivity contribution in [3.8, 4) is 11.5 Å². The third kappa shape index (κ3) is 8.25. The molecule has 0 atom stereocenters. The van der Waals surface area contributed by atoms with Crippen LogP contribution in [-0.4, -0.2) is 36.9 Å². The van der Waals surface area contributed by atoms with E-state index in [9.17, 15) is 9.59 Å². The Kier molecular flexibility index (Phi) is 10.4. The van der Waals surface area contributed by atoms with Gasteiger partial charge in [-0.2, -0.15) is 0 Å². The Bertz CT molecular complexity index is 767. The average Bonchev–Trinajstić information content (AvgIpc) is 2.77. The molecule has 0 radical (unpaired) electrons. The first-order valence-electron chi connectivity index (χ1n) is 10.5. The minimum Gasteiger partial charge on any atom is -0.494 e.